The highest BCUT2D eigenvalue weighted by Gasteiger charge is 2.26. The molecule has 2 nitrogen and oxygen atoms in total. The summed E-state index contributed by atoms with van der Waals surface area (Å²) in [5, 5.41) is 0. The molecule has 1 rings (SSSR count). The van der Waals surface area contributed by atoms with Gasteiger partial charge in [0.15, 0.2) is 9.84 Å². The van der Waals surface area contributed by atoms with Gasteiger partial charge in [0.05, 0.1) is 11.5 Å². The van der Waals surface area contributed by atoms with Crippen molar-refractivity contribution in [1.29, 1.82) is 0 Å². The van der Waals surface area contributed by atoms with E-state index in [1.165, 1.54) is 0 Å². The van der Waals surface area contributed by atoms with Gasteiger partial charge in [0.2, 0.25) is 0 Å². The van der Waals surface area contributed by atoms with Gasteiger partial charge in [-0.25, -0.2) is 8.42 Å². The van der Waals surface area contributed by atoms with Crippen LogP contribution in [0, 0.1) is 11.8 Å². The van der Waals surface area contributed by atoms with E-state index in [2.05, 4.69) is 6.92 Å². The molecule has 1 aliphatic heterocycles. The lowest BCUT2D eigenvalue weighted by Crippen LogP contribution is -2.29. The fraction of sp³-hybridized carbons (Fsp3) is 1.00. The number of sulfone groups is 1. The van der Waals surface area contributed by atoms with Crippen LogP contribution in [-0.2, 0) is 9.84 Å². The molecule has 0 aromatic rings. The summed E-state index contributed by atoms with van der Waals surface area (Å²) in [6, 6.07) is 0. The summed E-state index contributed by atoms with van der Waals surface area (Å²) < 4.78 is 22.0. The van der Waals surface area contributed by atoms with Gasteiger partial charge in [-0.2, -0.15) is 0 Å². The molecule has 0 N–H and O–H groups in total. The van der Waals surface area contributed by atoms with E-state index in [0.717, 1.165) is 6.42 Å². The molecule has 1 aliphatic rings. The number of hydrogen-bond acceptors (Lipinski definition) is 2. The first-order chi connectivity index (χ1) is 4.51. The topological polar surface area (TPSA) is 34.1 Å². The summed E-state index contributed by atoms with van der Waals surface area (Å²) in [5.74, 6) is 1.74. The Morgan fingerprint density at radius 1 is 1.20 bits per heavy atom. The average molecular weight is 162 g/mol. The van der Waals surface area contributed by atoms with Crippen LogP contribution >= 0.6 is 0 Å². The minimum Gasteiger partial charge on any atom is -0.229 e. The second kappa shape index (κ2) is 2.53. The smallest absolute Gasteiger partial charge is 0.150 e. The van der Waals surface area contributed by atoms with Crippen molar-refractivity contribution in [2.24, 2.45) is 11.8 Å². The molecule has 0 amide bonds. The third-order valence-electron chi connectivity index (χ3n) is 2.37. The number of hydrogen-bond donors (Lipinski definition) is 0. The Labute approximate surface area is 62.5 Å². The average Bonchev–Trinajstić information content (AvgIpc) is 1.79. The Kier molecular flexibility index (Phi) is 2.04. The van der Waals surface area contributed by atoms with Crippen molar-refractivity contribution in [3.05, 3.63) is 0 Å². The second-order valence-electron chi connectivity index (χ2n) is 3.36. The lowest BCUT2D eigenvalue weighted by atomic mass is 9.95. The molecule has 1 saturated heterocycles. The summed E-state index contributed by atoms with van der Waals surface area (Å²) >= 11 is 0. The van der Waals surface area contributed by atoms with E-state index in [9.17, 15) is 8.42 Å². The van der Waals surface area contributed by atoms with Crippen molar-refractivity contribution in [2.45, 2.75) is 20.3 Å². The molecule has 0 bridgehead atoms. The third-order valence-corrected chi connectivity index (χ3v) is 4.26. The molecular formula is C7H14O2S. The van der Waals surface area contributed by atoms with E-state index < -0.39 is 9.84 Å². The van der Waals surface area contributed by atoms with Crippen molar-refractivity contribution in [1.82, 2.24) is 0 Å². The predicted molar refractivity (Wildman–Crippen MR) is 41.6 cm³/mol. The first-order valence-electron chi connectivity index (χ1n) is 3.72. The van der Waals surface area contributed by atoms with E-state index in [1.54, 1.807) is 0 Å². The molecule has 1 heterocycles. The SMILES string of the molecule is C[C@@H]1CS(=O)(=O)CC[C@@H]1C. The molecule has 60 valence electrons. The van der Waals surface area contributed by atoms with Crippen molar-refractivity contribution in [3.8, 4) is 0 Å². The lowest BCUT2D eigenvalue weighted by Gasteiger charge is -2.24. The Hall–Kier alpha value is -0.0500. The predicted octanol–water partition coefficient (Wildman–Crippen LogP) is 1.08. The first-order valence-corrected chi connectivity index (χ1v) is 5.54. The molecule has 10 heavy (non-hydrogen) atoms. The molecule has 0 saturated carbocycles. The summed E-state index contributed by atoms with van der Waals surface area (Å²) in [6.45, 7) is 4.14. The fourth-order valence-corrected chi connectivity index (χ4v) is 3.33. The quantitative estimate of drug-likeness (QED) is 0.534. The maximum atomic E-state index is 11.0. The van der Waals surface area contributed by atoms with Crippen molar-refractivity contribution < 1.29 is 8.42 Å². The van der Waals surface area contributed by atoms with Crippen LogP contribution < -0.4 is 0 Å². The van der Waals surface area contributed by atoms with Crippen molar-refractivity contribution in [2.75, 3.05) is 11.5 Å². The minimum absolute atomic E-state index is 0.360. The summed E-state index contributed by atoms with van der Waals surface area (Å²) in [4.78, 5) is 0. The van der Waals surface area contributed by atoms with Gasteiger partial charge in [0, 0.05) is 0 Å². The Bertz CT molecular complexity index is 206. The monoisotopic (exact) mass is 162 g/mol. The van der Waals surface area contributed by atoms with Crippen LogP contribution in [0.2, 0.25) is 0 Å². The minimum atomic E-state index is -2.66. The summed E-state index contributed by atoms with van der Waals surface area (Å²) in [5.41, 5.74) is 0. The van der Waals surface area contributed by atoms with Gasteiger partial charge < -0.3 is 0 Å². The summed E-state index contributed by atoms with van der Waals surface area (Å²) in [6.07, 6.45) is 0.851. The molecule has 2 atom stereocenters. The van der Waals surface area contributed by atoms with Gasteiger partial charge in [-0.3, -0.25) is 0 Å². The maximum absolute atomic E-state index is 11.0. The molecule has 3 heteroatoms. The van der Waals surface area contributed by atoms with Crippen LogP contribution in [0.4, 0.5) is 0 Å². The van der Waals surface area contributed by atoms with Crippen LogP contribution in [0.1, 0.15) is 20.3 Å². The Balaban J connectivity index is 2.66. The molecular weight excluding hydrogens is 148 g/mol. The Morgan fingerprint density at radius 3 is 2.20 bits per heavy atom. The molecule has 0 aromatic heterocycles. The van der Waals surface area contributed by atoms with Gasteiger partial charge in [0.1, 0.15) is 0 Å². The normalized spacial score (nSPS) is 39.4. The largest absolute Gasteiger partial charge is 0.229 e. The zero-order valence-electron chi connectivity index (χ0n) is 6.50. The van der Waals surface area contributed by atoms with E-state index in [1.807, 2.05) is 6.92 Å². The standard InChI is InChI=1S/C7H14O2S/c1-6-3-4-10(8,9)5-7(6)2/h6-7H,3-5H2,1-2H3/t6-,7+/m0/s1. The lowest BCUT2D eigenvalue weighted by molar-refractivity contribution is 0.388. The highest BCUT2D eigenvalue weighted by atomic mass is 32.2. The molecule has 0 radical (unpaired) electrons. The zero-order valence-corrected chi connectivity index (χ0v) is 7.32. The highest BCUT2D eigenvalue weighted by molar-refractivity contribution is 7.91. The fourth-order valence-electron chi connectivity index (χ4n) is 1.30. The first kappa shape index (κ1) is 8.05. The highest BCUT2D eigenvalue weighted by Crippen LogP contribution is 2.23. The van der Waals surface area contributed by atoms with Crippen LogP contribution in [0.25, 0.3) is 0 Å². The van der Waals surface area contributed by atoms with Crippen LogP contribution in [0.3, 0.4) is 0 Å². The molecule has 1 fully saturated rings. The second-order valence-corrected chi connectivity index (χ2v) is 5.59. The number of rotatable bonds is 0. The Morgan fingerprint density at radius 2 is 1.80 bits per heavy atom. The third kappa shape index (κ3) is 1.72. The van der Waals surface area contributed by atoms with Gasteiger partial charge in [-0.15, -0.1) is 0 Å². The van der Waals surface area contributed by atoms with Gasteiger partial charge in [-0.05, 0) is 18.3 Å². The van der Waals surface area contributed by atoms with Crippen LogP contribution in [0.15, 0.2) is 0 Å². The van der Waals surface area contributed by atoms with E-state index in [4.69, 9.17) is 0 Å². The van der Waals surface area contributed by atoms with Crippen LogP contribution in [0.5, 0.6) is 0 Å². The molecule has 0 unspecified atom stereocenters. The summed E-state index contributed by atoms with van der Waals surface area (Å²) in [7, 11) is -2.66. The van der Waals surface area contributed by atoms with Gasteiger partial charge in [0.25, 0.3) is 0 Å². The van der Waals surface area contributed by atoms with E-state index in [0.29, 0.717) is 23.3 Å². The van der Waals surface area contributed by atoms with Crippen LogP contribution in [-0.4, -0.2) is 19.9 Å². The zero-order chi connectivity index (χ0) is 7.78. The van der Waals surface area contributed by atoms with E-state index >= 15 is 0 Å². The van der Waals surface area contributed by atoms with E-state index in [-0.39, 0.29) is 0 Å². The maximum Gasteiger partial charge on any atom is 0.150 e. The molecule has 0 aliphatic carbocycles. The molecule has 0 spiro atoms. The molecule has 0 aromatic carbocycles. The van der Waals surface area contributed by atoms with Gasteiger partial charge >= 0.3 is 0 Å². The van der Waals surface area contributed by atoms with Crippen molar-refractivity contribution >= 4 is 9.84 Å². The van der Waals surface area contributed by atoms with Gasteiger partial charge in [-0.1, -0.05) is 13.8 Å². The van der Waals surface area contributed by atoms with Crippen molar-refractivity contribution in [3.63, 3.8) is 0 Å².